The molecule has 0 aliphatic heterocycles. The van der Waals surface area contributed by atoms with Gasteiger partial charge in [-0.2, -0.15) is 0 Å². The molecule has 2 aromatic carbocycles. The number of rotatable bonds is 14. The van der Waals surface area contributed by atoms with Gasteiger partial charge in [0.2, 0.25) is 0 Å². The van der Waals surface area contributed by atoms with Crippen LogP contribution in [0.25, 0.3) is 33.1 Å². The number of phosphoric acid groups is 1. The molecule has 4 aromatic rings. The fourth-order valence-electron chi connectivity index (χ4n) is 4.47. The Morgan fingerprint density at radius 1 is 1.15 bits per heavy atom. The van der Waals surface area contributed by atoms with Crippen molar-refractivity contribution in [3.05, 3.63) is 53.7 Å². The highest BCUT2D eigenvalue weighted by atomic mass is 35.5. The normalized spacial score (nSPS) is 12.7. The Morgan fingerprint density at radius 3 is 2.63 bits per heavy atom. The zero-order valence-electron chi connectivity index (χ0n) is 22.0. The van der Waals surface area contributed by atoms with E-state index in [9.17, 15) is 21.8 Å². The first-order valence-corrected chi connectivity index (χ1v) is 16.2. The third kappa shape index (κ3) is 8.01. The molecule has 0 atom stereocenters. The molecular formula is C26H29ClF2N3O7PS. The standard InChI is InChI=1S/C26H29ClF2N3O7PS/c1-2-41(36,37)19-6-3-5-17(13-19)20-7-8-22(25-24(20)21-14-18(27)15-30-26(21)31-25)38-11-4-9-32(16-23(28)29)10-12-39-40(33,34)35/h3,5-8,13-15,23H,2,4,9-12,16H2,1H3,(H,30,31)(H2,33,34,35). The van der Waals surface area contributed by atoms with E-state index in [2.05, 4.69) is 14.5 Å². The molecule has 2 aromatic heterocycles. The van der Waals surface area contributed by atoms with Crippen LogP contribution in [0.3, 0.4) is 0 Å². The molecule has 0 saturated carbocycles. The van der Waals surface area contributed by atoms with Crippen molar-refractivity contribution in [2.75, 3.05) is 38.6 Å². The number of pyridine rings is 1. The first kappa shape index (κ1) is 31.3. The van der Waals surface area contributed by atoms with Gasteiger partial charge in [-0.1, -0.05) is 30.7 Å². The fraction of sp³-hybridized carbons (Fsp3) is 0.346. The molecule has 0 spiro atoms. The maximum Gasteiger partial charge on any atom is 0.469 e. The van der Waals surface area contributed by atoms with E-state index >= 15 is 0 Å². The molecule has 0 bridgehead atoms. The van der Waals surface area contributed by atoms with E-state index < -0.39 is 37.2 Å². The van der Waals surface area contributed by atoms with E-state index in [4.69, 9.17) is 26.1 Å². The van der Waals surface area contributed by atoms with E-state index in [1.54, 1.807) is 37.3 Å². The minimum absolute atomic E-state index is 0.0311. The number of hydrogen-bond donors (Lipinski definition) is 3. The van der Waals surface area contributed by atoms with Crippen molar-refractivity contribution in [1.29, 1.82) is 0 Å². The molecule has 3 N–H and O–H groups in total. The molecule has 0 saturated heterocycles. The number of H-pyrrole nitrogens is 1. The van der Waals surface area contributed by atoms with Gasteiger partial charge in [-0.25, -0.2) is 26.7 Å². The average Bonchev–Trinajstić information content (AvgIpc) is 3.29. The van der Waals surface area contributed by atoms with Crippen molar-refractivity contribution in [2.45, 2.75) is 24.7 Å². The van der Waals surface area contributed by atoms with Crippen LogP contribution >= 0.6 is 19.4 Å². The number of nitrogens with zero attached hydrogens (tertiary/aromatic N) is 2. The maximum atomic E-state index is 13.0. The Balaban J connectivity index is 1.60. The van der Waals surface area contributed by atoms with Crippen LogP contribution in [0, 0.1) is 0 Å². The second-order valence-electron chi connectivity index (χ2n) is 9.18. The topological polar surface area (TPSA) is 142 Å². The highest BCUT2D eigenvalue weighted by molar-refractivity contribution is 7.91. The zero-order chi connectivity index (χ0) is 29.8. The Kier molecular flexibility index (Phi) is 10.0. The summed E-state index contributed by atoms with van der Waals surface area (Å²) in [6.07, 6.45) is -0.788. The van der Waals surface area contributed by atoms with E-state index in [-0.39, 0.29) is 30.3 Å². The third-order valence-electron chi connectivity index (χ3n) is 6.36. The number of aromatic amines is 1. The van der Waals surface area contributed by atoms with Crippen LogP contribution in [0.5, 0.6) is 5.75 Å². The smallest absolute Gasteiger partial charge is 0.469 e. The lowest BCUT2D eigenvalue weighted by Gasteiger charge is -2.22. The van der Waals surface area contributed by atoms with Crippen LogP contribution in [0.4, 0.5) is 8.78 Å². The largest absolute Gasteiger partial charge is 0.491 e. The molecule has 15 heteroatoms. The number of halogens is 3. The van der Waals surface area contributed by atoms with Crippen LogP contribution < -0.4 is 4.74 Å². The predicted octanol–water partition coefficient (Wildman–Crippen LogP) is 5.28. The summed E-state index contributed by atoms with van der Waals surface area (Å²) in [5, 5.41) is 1.86. The molecule has 10 nitrogen and oxygen atoms in total. The van der Waals surface area contributed by atoms with E-state index in [1.165, 1.54) is 11.1 Å². The first-order valence-electron chi connectivity index (χ1n) is 12.6. The van der Waals surface area contributed by atoms with Gasteiger partial charge < -0.3 is 19.5 Å². The number of ether oxygens (including phenoxy) is 1. The predicted molar refractivity (Wildman–Crippen MR) is 152 cm³/mol. The van der Waals surface area contributed by atoms with Gasteiger partial charge in [0, 0.05) is 30.1 Å². The van der Waals surface area contributed by atoms with Crippen molar-refractivity contribution in [3.8, 4) is 16.9 Å². The minimum Gasteiger partial charge on any atom is -0.491 e. The average molecular weight is 632 g/mol. The van der Waals surface area contributed by atoms with Gasteiger partial charge in [-0.3, -0.25) is 9.42 Å². The quantitative estimate of drug-likeness (QED) is 0.125. The Morgan fingerprint density at radius 2 is 1.93 bits per heavy atom. The van der Waals surface area contributed by atoms with Crippen molar-refractivity contribution < 1.29 is 40.8 Å². The summed E-state index contributed by atoms with van der Waals surface area (Å²) >= 11 is 6.25. The molecule has 0 unspecified atom stereocenters. The lowest BCUT2D eigenvalue weighted by Crippen LogP contribution is -2.33. The highest BCUT2D eigenvalue weighted by Gasteiger charge is 2.19. The molecule has 0 aliphatic carbocycles. The second kappa shape index (κ2) is 13.1. The third-order valence-corrected chi connectivity index (χ3v) is 8.82. The number of hydrogen-bond acceptors (Lipinski definition) is 7. The number of fused-ring (bicyclic) bond motifs is 3. The number of alkyl halides is 2. The number of phosphoric ester groups is 1. The van der Waals surface area contributed by atoms with Crippen LogP contribution in [-0.2, 0) is 18.9 Å². The van der Waals surface area contributed by atoms with E-state index in [0.29, 0.717) is 39.3 Å². The molecule has 4 rings (SSSR count). The lowest BCUT2D eigenvalue weighted by atomic mass is 9.99. The number of benzene rings is 2. The molecule has 2 heterocycles. The van der Waals surface area contributed by atoms with Gasteiger partial charge in [-0.05, 0) is 47.9 Å². The number of sulfone groups is 1. The van der Waals surface area contributed by atoms with Crippen LogP contribution in [-0.4, -0.2) is 78.1 Å². The number of nitrogens with one attached hydrogen (secondary N) is 1. The first-order chi connectivity index (χ1) is 19.4. The summed E-state index contributed by atoms with van der Waals surface area (Å²) in [6, 6.07) is 12.0. The second-order valence-corrected chi connectivity index (χ2v) is 13.1. The molecule has 41 heavy (non-hydrogen) atoms. The van der Waals surface area contributed by atoms with Gasteiger partial charge in [0.25, 0.3) is 6.43 Å². The summed E-state index contributed by atoms with van der Waals surface area (Å²) in [5.41, 5.74) is 2.57. The van der Waals surface area contributed by atoms with Gasteiger partial charge >= 0.3 is 7.82 Å². The van der Waals surface area contributed by atoms with Crippen molar-refractivity contribution in [1.82, 2.24) is 14.9 Å². The molecule has 0 fully saturated rings. The van der Waals surface area contributed by atoms with Crippen LogP contribution in [0.1, 0.15) is 13.3 Å². The maximum absolute atomic E-state index is 13.0. The number of aromatic nitrogens is 2. The van der Waals surface area contributed by atoms with Gasteiger partial charge in [0.05, 0.1) is 40.9 Å². The van der Waals surface area contributed by atoms with E-state index in [1.807, 2.05) is 12.1 Å². The zero-order valence-corrected chi connectivity index (χ0v) is 24.4. The van der Waals surface area contributed by atoms with E-state index in [0.717, 1.165) is 10.9 Å². The molecule has 0 radical (unpaired) electrons. The van der Waals surface area contributed by atoms with Crippen molar-refractivity contribution >= 4 is 51.2 Å². The Labute approximate surface area is 240 Å². The summed E-state index contributed by atoms with van der Waals surface area (Å²) in [7, 11) is -8.12. The molecule has 0 aliphatic rings. The minimum atomic E-state index is -4.69. The van der Waals surface area contributed by atoms with Crippen LogP contribution in [0.15, 0.2) is 53.6 Å². The van der Waals surface area contributed by atoms with Crippen molar-refractivity contribution in [3.63, 3.8) is 0 Å². The fourth-order valence-corrected chi connectivity index (χ4v) is 5.87. The molecule has 0 amide bonds. The molecular weight excluding hydrogens is 603 g/mol. The summed E-state index contributed by atoms with van der Waals surface area (Å²) in [5.74, 6) is 0.442. The van der Waals surface area contributed by atoms with Gasteiger partial charge in [0.15, 0.2) is 9.84 Å². The monoisotopic (exact) mass is 631 g/mol. The SMILES string of the molecule is CCS(=O)(=O)c1cccc(-c2ccc(OCCCN(CCOP(=O)(O)O)CC(F)F)c3[nH]c4ncc(Cl)cc4c23)c1. The molecule has 222 valence electrons. The van der Waals surface area contributed by atoms with Crippen molar-refractivity contribution in [2.24, 2.45) is 0 Å². The summed E-state index contributed by atoms with van der Waals surface area (Å²) in [4.78, 5) is 26.8. The van der Waals surface area contributed by atoms with Gasteiger partial charge in [0.1, 0.15) is 11.4 Å². The lowest BCUT2D eigenvalue weighted by molar-refractivity contribution is 0.0740. The van der Waals surface area contributed by atoms with Crippen LogP contribution in [0.2, 0.25) is 5.02 Å². The van der Waals surface area contributed by atoms with Gasteiger partial charge in [-0.15, -0.1) is 0 Å². The summed E-state index contributed by atoms with van der Waals surface area (Å²) < 4.78 is 72.3. The Hall–Kier alpha value is -2.64. The highest BCUT2D eigenvalue weighted by Crippen LogP contribution is 2.40. The summed E-state index contributed by atoms with van der Waals surface area (Å²) in [6.45, 7) is 0.855. The Bertz CT molecular complexity index is 1680.